The molecular formula is C15H27F6Fe2O6P3S2. The molecule has 34 heavy (non-hydrogen) atoms. The summed E-state index contributed by atoms with van der Waals surface area (Å²) >= 11 is 9.30. The van der Waals surface area contributed by atoms with E-state index in [4.69, 9.17) is 18.6 Å². The first-order valence-corrected chi connectivity index (χ1v) is 15.6. The quantitative estimate of drug-likeness (QED) is 0.0699. The second kappa shape index (κ2) is 38.6. The maximum absolute atomic E-state index is 10.7. The number of hydrogen-bond donors (Lipinski definition) is 0. The molecule has 0 aromatic carbocycles. The predicted octanol–water partition coefficient (Wildman–Crippen LogP) is 5.92. The van der Waals surface area contributed by atoms with Gasteiger partial charge in [0.1, 0.15) is 0 Å². The molecule has 0 unspecified atom stereocenters. The van der Waals surface area contributed by atoms with Crippen molar-refractivity contribution in [1.29, 1.82) is 0 Å². The van der Waals surface area contributed by atoms with Gasteiger partial charge < -0.3 is 31.4 Å². The minimum Gasteiger partial charge on any atom is -1.00 e. The largest absolute Gasteiger partial charge is 2.00 e. The Balaban J connectivity index is -0.0000000223. The molecule has 0 bridgehead atoms. The van der Waals surface area contributed by atoms with Crippen molar-refractivity contribution in [3.05, 3.63) is 26.6 Å². The van der Waals surface area contributed by atoms with E-state index in [1.54, 1.807) is 0 Å². The SMILES string of the molecule is COC(=O)C(C[S-])C[S-].CP(C)C.CP(C)C.F[P-](F)(F)(F)(F)F.[C-]#[O+].[C-]#[O+].[C-]#[O+].[C-]#[O+].[Fe+2].[Fe+2].[H-]. The van der Waals surface area contributed by atoms with Crippen LogP contribution in [0.2, 0.25) is 0 Å². The van der Waals surface area contributed by atoms with Crippen LogP contribution in [-0.4, -0.2) is 64.6 Å². The summed E-state index contributed by atoms with van der Waals surface area (Å²) in [7, 11) is -8.56. The van der Waals surface area contributed by atoms with Gasteiger partial charge in [-0.15, -0.1) is 15.8 Å². The molecule has 19 heteroatoms. The maximum Gasteiger partial charge on any atom is 2.00 e. The molecule has 0 N–H and O–H groups in total. The Labute approximate surface area is 234 Å². The van der Waals surface area contributed by atoms with Crippen molar-refractivity contribution in [2.24, 2.45) is 5.92 Å². The predicted molar refractivity (Wildman–Crippen MR) is 120 cm³/mol. The van der Waals surface area contributed by atoms with Crippen molar-refractivity contribution in [3.8, 4) is 0 Å². The van der Waals surface area contributed by atoms with Crippen LogP contribution in [0.5, 0.6) is 0 Å². The van der Waals surface area contributed by atoms with Crippen LogP contribution in [0.4, 0.5) is 25.2 Å². The molecule has 0 spiro atoms. The Morgan fingerprint density at radius 1 is 0.765 bits per heavy atom. The van der Waals surface area contributed by atoms with Crippen LogP contribution in [0.1, 0.15) is 1.43 Å². The smallest absolute Gasteiger partial charge is 1.00 e. The summed E-state index contributed by atoms with van der Waals surface area (Å²) in [5.41, 5.74) is 0. The third-order valence-electron chi connectivity index (χ3n) is 0.937. The van der Waals surface area contributed by atoms with E-state index in [-0.39, 0.29) is 47.5 Å². The van der Waals surface area contributed by atoms with Gasteiger partial charge in [-0.05, 0) is 40.0 Å². The molecule has 0 aliphatic rings. The number of rotatable bonds is 3. The minimum absolute atomic E-state index is 0. The van der Waals surface area contributed by atoms with E-state index < -0.39 is 7.81 Å². The number of carbonyl (C=O) groups is 1. The van der Waals surface area contributed by atoms with Crippen LogP contribution < -0.4 is 0 Å². The van der Waals surface area contributed by atoms with Gasteiger partial charge in [-0.1, -0.05) is 0 Å². The zero-order valence-corrected chi connectivity index (χ0v) is 25.6. The molecule has 6 nitrogen and oxygen atoms in total. The molecule has 0 fully saturated rings. The van der Waals surface area contributed by atoms with Crippen molar-refractivity contribution < 1.29 is 88.9 Å². The van der Waals surface area contributed by atoms with Crippen LogP contribution in [0.15, 0.2) is 0 Å². The van der Waals surface area contributed by atoms with Gasteiger partial charge in [0.15, 0.2) is 0 Å². The molecule has 0 saturated heterocycles. The van der Waals surface area contributed by atoms with E-state index in [9.17, 15) is 30.0 Å². The fraction of sp³-hybridized carbons (Fsp3) is 0.667. The number of carbonyl (C=O) groups excluding carboxylic acids is 1. The molecule has 0 saturated carbocycles. The van der Waals surface area contributed by atoms with Gasteiger partial charge >= 0.3 is 118 Å². The van der Waals surface area contributed by atoms with Crippen LogP contribution in [0.25, 0.3) is 0 Å². The molecule has 0 aromatic rings. The van der Waals surface area contributed by atoms with Gasteiger partial charge in [-0.2, -0.15) is 11.5 Å². The van der Waals surface area contributed by atoms with Crippen molar-refractivity contribution in [3.63, 3.8) is 0 Å². The Morgan fingerprint density at radius 2 is 0.882 bits per heavy atom. The maximum atomic E-state index is 10.6. The molecule has 0 aliphatic carbocycles. The van der Waals surface area contributed by atoms with E-state index >= 15 is 0 Å². The average Bonchev–Trinajstić information content (AvgIpc) is 2.65. The Morgan fingerprint density at radius 3 is 0.912 bits per heavy atom. The van der Waals surface area contributed by atoms with E-state index in [1.165, 1.54) is 7.11 Å². The summed E-state index contributed by atoms with van der Waals surface area (Å²) in [6.45, 7) is 31.4. The van der Waals surface area contributed by atoms with Gasteiger partial charge in [0, 0.05) is 5.92 Å². The normalized spacial score (nSPS) is 9.71. The second-order valence-corrected chi connectivity index (χ2v) is 13.1. The van der Waals surface area contributed by atoms with E-state index in [2.05, 4.69) is 96.6 Å². The minimum atomic E-state index is -10.7. The Hall–Kier alpha value is 1.04. The van der Waals surface area contributed by atoms with Crippen LogP contribution >= 0.6 is 23.7 Å². The van der Waals surface area contributed by atoms with Gasteiger partial charge in [0.05, 0.1) is 7.11 Å². The zero-order valence-electron chi connectivity index (χ0n) is 20.1. The second-order valence-electron chi connectivity index (χ2n) is 5.20. The fourth-order valence-corrected chi connectivity index (χ4v) is 1.01. The first kappa shape index (κ1) is 64.8. The van der Waals surface area contributed by atoms with Crippen LogP contribution in [-0.2, 0) is 87.5 Å². The summed E-state index contributed by atoms with van der Waals surface area (Å²) in [4.78, 5) is 10.6. The number of hydrogen-bond acceptors (Lipinski definition) is 4. The summed E-state index contributed by atoms with van der Waals surface area (Å²) in [6.07, 6.45) is 0. The van der Waals surface area contributed by atoms with Gasteiger partial charge in [-0.25, -0.2) is 0 Å². The zero-order chi connectivity index (χ0) is 28.8. The Bertz CT molecular complexity index is 450. The third kappa shape index (κ3) is 278. The van der Waals surface area contributed by atoms with Crippen LogP contribution in [0.3, 0.4) is 0 Å². The first-order valence-electron chi connectivity index (χ1n) is 7.01. The van der Waals surface area contributed by atoms with Crippen molar-refractivity contribution in [2.45, 2.75) is 0 Å². The number of ether oxygens (including phenoxy) is 1. The number of esters is 1. The molecular weight excluding hydrogens is 659 g/mol. The molecule has 0 amide bonds. The van der Waals surface area contributed by atoms with Gasteiger partial charge in [0.25, 0.3) is 0 Å². The molecule has 0 aliphatic heterocycles. The monoisotopic (exact) mass is 686 g/mol. The molecule has 0 rings (SSSR count). The first-order chi connectivity index (χ1) is 14.2. The molecule has 0 heterocycles. The van der Waals surface area contributed by atoms with Crippen molar-refractivity contribution >= 4 is 54.9 Å². The summed E-state index contributed by atoms with van der Waals surface area (Å²) in [5, 5.41) is 0. The Kier molecular flexibility index (Phi) is 73.5. The summed E-state index contributed by atoms with van der Waals surface area (Å²) in [6, 6.07) is 0. The van der Waals surface area contributed by atoms with E-state index in [0.29, 0.717) is 27.3 Å². The molecule has 0 radical (unpaired) electrons. The molecule has 0 atom stereocenters. The topological polar surface area (TPSA) is 106 Å². The van der Waals surface area contributed by atoms with E-state index in [1.807, 2.05) is 0 Å². The standard InChI is InChI=1S/C5H10O2S2.2C3H9P.4CO.F6P.2Fe.H/c1-7-5(6)4(2-8)3-9;2*1-4(2)3;4*1-2;1-7(2,3,4,5)6;;;/h4,8-9H,2-3H2,1H3;2*1-3H3;;;;;;;;/q;;;;;;;-1;2*+2;-1/p-2. The number of halogens is 6. The van der Waals surface area contributed by atoms with Crippen molar-refractivity contribution in [2.75, 3.05) is 58.6 Å². The third-order valence-corrected chi connectivity index (χ3v) is 1.74. The van der Waals surface area contributed by atoms with E-state index in [0.717, 1.165) is 0 Å². The molecule has 208 valence electrons. The van der Waals surface area contributed by atoms with Gasteiger partial charge in [0.2, 0.25) is 0 Å². The van der Waals surface area contributed by atoms with Gasteiger partial charge in [-0.3, -0.25) is 4.79 Å². The average molecular weight is 686 g/mol. The number of methoxy groups -OCH3 is 1. The molecule has 0 aromatic heterocycles. The van der Waals surface area contributed by atoms with Crippen molar-refractivity contribution in [1.82, 2.24) is 0 Å². The summed E-state index contributed by atoms with van der Waals surface area (Å²) in [5.74, 6) is 0.159. The fourth-order valence-electron chi connectivity index (χ4n) is 0.351. The van der Waals surface area contributed by atoms with Crippen LogP contribution in [0, 0.1) is 32.5 Å². The summed E-state index contributed by atoms with van der Waals surface area (Å²) < 4.78 is 93.6.